The standard InChI is InChI=1S/C11H12O3/c1-2-10(12)9-5-3-4-8(6-9)7-11(13)14/h3-6H,2,7H2,1H3,(H,13,14). The van der Waals surface area contributed by atoms with Gasteiger partial charge in [-0.2, -0.15) is 0 Å². The summed E-state index contributed by atoms with van der Waals surface area (Å²) in [6.45, 7) is 1.78. The average molecular weight is 192 g/mol. The molecular formula is C11H12O3. The Morgan fingerprint density at radius 3 is 2.64 bits per heavy atom. The molecule has 0 aliphatic heterocycles. The molecule has 1 N–H and O–H groups in total. The summed E-state index contributed by atoms with van der Waals surface area (Å²) >= 11 is 0. The van der Waals surface area contributed by atoms with Gasteiger partial charge in [0, 0.05) is 12.0 Å². The van der Waals surface area contributed by atoms with E-state index < -0.39 is 5.97 Å². The molecule has 0 atom stereocenters. The van der Waals surface area contributed by atoms with Gasteiger partial charge in [-0.3, -0.25) is 9.59 Å². The van der Waals surface area contributed by atoms with Crippen LogP contribution in [0.4, 0.5) is 0 Å². The van der Waals surface area contributed by atoms with Gasteiger partial charge in [0.15, 0.2) is 5.78 Å². The Hall–Kier alpha value is -1.64. The average Bonchev–Trinajstić information content (AvgIpc) is 2.16. The maximum atomic E-state index is 11.3. The molecule has 74 valence electrons. The Bertz CT molecular complexity index is 355. The molecular weight excluding hydrogens is 180 g/mol. The zero-order chi connectivity index (χ0) is 10.6. The summed E-state index contributed by atoms with van der Waals surface area (Å²) < 4.78 is 0. The number of hydrogen-bond donors (Lipinski definition) is 1. The smallest absolute Gasteiger partial charge is 0.307 e. The highest BCUT2D eigenvalue weighted by molar-refractivity contribution is 5.96. The van der Waals surface area contributed by atoms with Crippen LogP contribution in [0.5, 0.6) is 0 Å². The van der Waals surface area contributed by atoms with Crippen molar-refractivity contribution >= 4 is 11.8 Å². The zero-order valence-electron chi connectivity index (χ0n) is 7.99. The Balaban J connectivity index is 2.89. The molecule has 0 aromatic heterocycles. The molecule has 14 heavy (non-hydrogen) atoms. The fourth-order valence-corrected chi connectivity index (χ4v) is 1.23. The highest BCUT2D eigenvalue weighted by atomic mass is 16.4. The van der Waals surface area contributed by atoms with E-state index in [9.17, 15) is 9.59 Å². The number of carboxylic acids is 1. The molecule has 0 aliphatic rings. The fraction of sp³-hybridized carbons (Fsp3) is 0.273. The first kappa shape index (κ1) is 10.4. The number of carboxylic acid groups (broad SMARTS) is 1. The summed E-state index contributed by atoms with van der Waals surface area (Å²) in [5.41, 5.74) is 1.25. The van der Waals surface area contributed by atoms with Crippen LogP contribution in [0.25, 0.3) is 0 Å². The van der Waals surface area contributed by atoms with Gasteiger partial charge in [-0.1, -0.05) is 25.1 Å². The number of aliphatic carboxylic acids is 1. The van der Waals surface area contributed by atoms with Crippen LogP contribution in [0.15, 0.2) is 24.3 Å². The van der Waals surface area contributed by atoms with Crippen LogP contribution in [0.1, 0.15) is 29.3 Å². The van der Waals surface area contributed by atoms with Gasteiger partial charge >= 0.3 is 5.97 Å². The van der Waals surface area contributed by atoms with Crippen LogP contribution in [0.3, 0.4) is 0 Å². The third kappa shape index (κ3) is 2.69. The largest absolute Gasteiger partial charge is 0.481 e. The number of rotatable bonds is 4. The first-order chi connectivity index (χ1) is 6.63. The van der Waals surface area contributed by atoms with Gasteiger partial charge in [-0.15, -0.1) is 0 Å². The fourth-order valence-electron chi connectivity index (χ4n) is 1.23. The lowest BCUT2D eigenvalue weighted by Crippen LogP contribution is -2.02. The molecule has 0 saturated heterocycles. The molecule has 3 heteroatoms. The molecule has 0 unspecified atom stereocenters. The molecule has 0 bridgehead atoms. The minimum absolute atomic E-state index is 0.0369. The Labute approximate surface area is 82.4 Å². The first-order valence-corrected chi connectivity index (χ1v) is 4.47. The van der Waals surface area contributed by atoms with Crippen molar-refractivity contribution in [1.29, 1.82) is 0 Å². The minimum Gasteiger partial charge on any atom is -0.481 e. The van der Waals surface area contributed by atoms with Crippen molar-refractivity contribution in [3.63, 3.8) is 0 Å². The molecule has 0 amide bonds. The van der Waals surface area contributed by atoms with Gasteiger partial charge in [-0.05, 0) is 11.6 Å². The van der Waals surface area contributed by atoms with Crippen molar-refractivity contribution in [1.82, 2.24) is 0 Å². The molecule has 0 fully saturated rings. The van der Waals surface area contributed by atoms with Crippen LogP contribution < -0.4 is 0 Å². The number of Topliss-reactive ketones (excluding diaryl/α,β-unsaturated/α-hetero) is 1. The molecule has 0 heterocycles. The first-order valence-electron chi connectivity index (χ1n) is 4.47. The lowest BCUT2D eigenvalue weighted by molar-refractivity contribution is -0.136. The van der Waals surface area contributed by atoms with Crippen molar-refractivity contribution in [2.75, 3.05) is 0 Å². The summed E-state index contributed by atoms with van der Waals surface area (Å²) in [6.07, 6.45) is 0.404. The van der Waals surface area contributed by atoms with Gasteiger partial charge in [0.05, 0.1) is 6.42 Å². The second kappa shape index (κ2) is 4.56. The van der Waals surface area contributed by atoms with E-state index in [0.29, 0.717) is 17.5 Å². The molecule has 1 aromatic carbocycles. The third-order valence-electron chi connectivity index (χ3n) is 1.93. The monoisotopic (exact) mass is 192 g/mol. The quantitative estimate of drug-likeness (QED) is 0.741. The molecule has 0 aliphatic carbocycles. The number of carbonyl (C=O) groups is 2. The van der Waals surface area contributed by atoms with Crippen LogP contribution in [0.2, 0.25) is 0 Å². The van der Waals surface area contributed by atoms with E-state index in [1.165, 1.54) is 0 Å². The number of benzene rings is 1. The number of hydrogen-bond acceptors (Lipinski definition) is 2. The Morgan fingerprint density at radius 2 is 2.07 bits per heavy atom. The Morgan fingerprint density at radius 1 is 1.36 bits per heavy atom. The highest BCUT2D eigenvalue weighted by Crippen LogP contribution is 2.08. The van der Waals surface area contributed by atoms with E-state index in [0.717, 1.165) is 0 Å². The van der Waals surface area contributed by atoms with Gasteiger partial charge in [0.1, 0.15) is 0 Å². The number of ketones is 1. The molecule has 0 spiro atoms. The van der Waals surface area contributed by atoms with Crippen LogP contribution in [-0.4, -0.2) is 16.9 Å². The minimum atomic E-state index is -0.883. The van der Waals surface area contributed by atoms with Crippen molar-refractivity contribution in [2.45, 2.75) is 19.8 Å². The highest BCUT2D eigenvalue weighted by Gasteiger charge is 2.05. The van der Waals surface area contributed by atoms with E-state index in [1.54, 1.807) is 31.2 Å². The van der Waals surface area contributed by atoms with E-state index in [4.69, 9.17) is 5.11 Å². The lowest BCUT2D eigenvalue weighted by atomic mass is 10.0. The topological polar surface area (TPSA) is 54.4 Å². The second-order valence-corrected chi connectivity index (χ2v) is 3.05. The SMILES string of the molecule is CCC(=O)c1cccc(CC(=O)O)c1. The van der Waals surface area contributed by atoms with Crippen LogP contribution in [0, 0.1) is 0 Å². The van der Waals surface area contributed by atoms with Crippen molar-refractivity contribution in [3.8, 4) is 0 Å². The maximum absolute atomic E-state index is 11.3. The lowest BCUT2D eigenvalue weighted by Gasteiger charge is -2.00. The summed E-state index contributed by atoms with van der Waals surface area (Å²) in [5.74, 6) is -0.844. The van der Waals surface area contributed by atoms with E-state index >= 15 is 0 Å². The summed E-state index contributed by atoms with van der Waals surface area (Å²) in [6, 6.07) is 6.76. The van der Waals surface area contributed by atoms with Crippen LogP contribution >= 0.6 is 0 Å². The summed E-state index contributed by atoms with van der Waals surface area (Å²) in [4.78, 5) is 21.7. The van der Waals surface area contributed by atoms with Gasteiger partial charge in [-0.25, -0.2) is 0 Å². The second-order valence-electron chi connectivity index (χ2n) is 3.05. The molecule has 1 rings (SSSR count). The molecule has 1 aromatic rings. The van der Waals surface area contributed by atoms with E-state index in [2.05, 4.69) is 0 Å². The predicted octanol–water partition coefficient (Wildman–Crippen LogP) is 1.91. The summed E-state index contributed by atoms with van der Waals surface area (Å²) in [5, 5.41) is 8.57. The molecule has 3 nitrogen and oxygen atoms in total. The van der Waals surface area contributed by atoms with E-state index in [-0.39, 0.29) is 12.2 Å². The van der Waals surface area contributed by atoms with Crippen molar-refractivity contribution in [3.05, 3.63) is 35.4 Å². The van der Waals surface area contributed by atoms with Crippen molar-refractivity contribution in [2.24, 2.45) is 0 Å². The summed E-state index contributed by atoms with van der Waals surface area (Å²) in [7, 11) is 0. The maximum Gasteiger partial charge on any atom is 0.307 e. The van der Waals surface area contributed by atoms with Crippen LogP contribution in [-0.2, 0) is 11.2 Å². The Kier molecular flexibility index (Phi) is 3.40. The molecule has 0 radical (unpaired) electrons. The molecule has 0 saturated carbocycles. The number of carbonyl (C=O) groups excluding carboxylic acids is 1. The third-order valence-corrected chi connectivity index (χ3v) is 1.93. The van der Waals surface area contributed by atoms with Crippen molar-refractivity contribution < 1.29 is 14.7 Å². The van der Waals surface area contributed by atoms with Gasteiger partial charge in [0.25, 0.3) is 0 Å². The predicted molar refractivity (Wildman–Crippen MR) is 52.4 cm³/mol. The normalized spacial score (nSPS) is 9.79. The van der Waals surface area contributed by atoms with E-state index in [1.807, 2.05) is 0 Å². The van der Waals surface area contributed by atoms with Gasteiger partial charge in [0.2, 0.25) is 0 Å². The zero-order valence-corrected chi connectivity index (χ0v) is 7.99. The van der Waals surface area contributed by atoms with Gasteiger partial charge < -0.3 is 5.11 Å².